The molecule has 1 aromatic rings. The number of aliphatic hydroxyl groups excluding tert-OH is 1. The van der Waals surface area contributed by atoms with Gasteiger partial charge in [0.1, 0.15) is 24.4 Å². The van der Waals surface area contributed by atoms with E-state index in [1.54, 1.807) is 30.5 Å². The lowest BCUT2D eigenvalue weighted by Crippen LogP contribution is -2.51. The predicted octanol–water partition coefficient (Wildman–Crippen LogP) is 4.06. The van der Waals surface area contributed by atoms with Crippen LogP contribution in [-0.2, 0) is 14.3 Å². The number of halogens is 1. The van der Waals surface area contributed by atoms with Crippen molar-refractivity contribution in [3.63, 3.8) is 0 Å². The number of carbonyl (C=O) groups is 1. The summed E-state index contributed by atoms with van der Waals surface area (Å²) in [5.41, 5.74) is 1.01. The first-order chi connectivity index (χ1) is 16.6. The lowest BCUT2D eigenvalue weighted by atomic mass is 10.0. The van der Waals surface area contributed by atoms with Crippen LogP contribution in [0.15, 0.2) is 72.1 Å². The fourth-order valence-corrected chi connectivity index (χ4v) is 4.28. The highest BCUT2D eigenvalue weighted by molar-refractivity contribution is 6.30. The standard InChI is InChI=1S/C26H31ClN2O5/c27-20-8-10-21(11-9-20)33-15-12-25(30)28-22(16-29-13-4-5-14-29)26(31)24-18-32-17-23(34-24)19-6-2-1-3-7-19/h1-2,6,8-11,17-18,22,26,31H,3-5,7,12-16H2,(H,28,30)/t22-,26-/m1/s1. The van der Waals surface area contributed by atoms with Gasteiger partial charge in [-0.05, 0) is 68.6 Å². The summed E-state index contributed by atoms with van der Waals surface area (Å²) in [5.74, 6) is 1.32. The Labute approximate surface area is 205 Å². The molecule has 34 heavy (non-hydrogen) atoms. The van der Waals surface area contributed by atoms with Gasteiger partial charge in [-0.1, -0.05) is 29.8 Å². The minimum atomic E-state index is -1.05. The lowest BCUT2D eigenvalue weighted by Gasteiger charge is -2.30. The Kier molecular flexibility index (Phi) is 8.68. The number of aliphatic hydroxyl groups is 1. The summed E-state index contributed by atoms with van der Waals surface area (Å²) in [6.45, 7) is 2.63. The van der Waals surface area contributed by atoms with Crippen molar-refractivity contribution in [2.24, 2.45) is 0 Å². The predicted molar refractivity (Wildman–Crippen MR) is 130 cm³/mol. The second-order valence-electron chi connectivity index (χ2n) is 8.58. The van der Waals surface area contributed by atoms with Gasteiger partial charge in [-0.15, -0.1) is 0 Å². The van der Waals surface area contributed by atoms with Crippen molar-refractivity contribution in [1.29, 1.82) is 0 Å². The number of nitrogens with one attached hydrogen (secondary N) is 1. The smallest absolute Gasteiger partial charge is 0.223 e. The first-order valence-electron chi connectivity index (χ1n) is 11.8. The molecule has 1 fully saturated rings. The molecule has 8 heteroatoms. The van der Waals surface area contributed by atoms with Crippen molar-refractivity contribution in [2.45, 2.75) is 44.2 Å². The molecule has 2 heterocycles. The molecular formula is C26H31ClN2O5. The van der Waals surface area contributed by atoms with Crippen molar-refractivity contribution in [3.8, 4) is 5.75 Å². The number of likely N-dealkylation sites (tertiary alicyclic amines) is 1. The van der Waals surface area contributed by atoms with E-state index in [9.17, 15) is 9.90 Å². The molecule has 0 saturated carbocycles. The van der Waals surface area contributed by atoms with E-state index in [0.717, 1.165) is 44.3 Å². The molecule has 1 saturated heterocycles. The number of amides is 1. The van der Waals surface area contributed by atoms with E-state index in [2.05, 4.69) is 16.3 Å². The van der Waals surface area contributed by atoms with Gasteiger partial charge in [-0.25, -0.2) is 0 Å². The Hall–Kier alpha value is -2.74. The van der Waals surface area contributed by atoms with E-state index in [1.165, 1.54) is 6.26 Å². The third-order valence-corrected chi connectivity index (χ3v) is 6.25. The van der Waals surface area contributed by atoms with Crippen LogP contribution in [0.3, 0.4) is 0 Å². The Bertz CT molecular complexity index is 964. The second kappa shape index (κ2) is 12.1. The number of ether oxygens (including phenoxy) is 3. The maximum absolute atomic E-state index is 12.7. The number of nitrogens with zero attached hydrogens (tertiary/aromatic N) is 1. The van der Waals surface area contributed by atoms with Gasteiger partial charge in [0.05, 0.1) is 19.1 Å². The highest BCUT2D eigenvalue weighted by Crippen LogP contribution is 2.28. The number of allylic oxidation sites excluding steroid dienone is 4. The van der Waals surface area contributed by atoms with Crippen LogP contribution in [0, 0.1) is 0 Å². The molecule has 2 aliphatic heterocycles. The van der Waals surface area contributed by atoms with Crippen molar-refractivity contribution < 1.29 is 24.1 Å². The zero-order valence-electron chi connectivity index (χ0n) is 19.1. The van der Waals surface area contributed by atoms with Gasteiger partial charge < -0.3 is 29.5 Å². The zero-order valence-corrected chi connectivity index (χ0v) is 19.9. The molecule has 0 spiro atoms. The van der Waals surface area contributed by atoms with E-state index in [-0.39, 0.29) is 24.7 Å². The molecule has 2 atom stereocenters. The highest BCUT2D eigenvalue weighted by atomic mass is 35.5. The molecule has 2 N–H and O–H groups in total. The average molecular weight is 487 g/mol. The Balaban J connectivity index is 1.35. The van der Waals surface area contributed by atoms with Crippen LogP contribution in [0.2, 0.25) is 5.02 Å². The summed E-state index contributed by atoms with van der Waals surface area (Å²) >= 11 is 5.89. The summed E-state index contributed by atoms with van der Waals surface area (Å²) < 4.78 is 17.1. The molecule has 1 aromatic carbocycles. The van der Waals surface area contributed by atoms with Gasteiger partial charge in [0.25, 0.3) is 0 Å². The van der Waals surface area contributed by atoms with Crippen molar-refractivity contribution in [2.75, 3.05) is 26.2 Å². The lowest BCUT2D eigenvalue weighted by molar-refractivity contribution is -0.123. The van der Waals surface area contributed by atoms with E-state index >= 15 is 0 Å². The molecule has 0 unspecified atom stereocenters. The molecule has 1 aliphatic carbocycles. The monoisotopic (exact) mass is 486 g/mol. The Morgan fingerprint density at radius 1 is 1.21 bits per heavy atom. The maximum Gasteiger partial charge on any atom is 0.223 e. The largest absolute Gasteiger partial charge is 0.493 e. The minimum absolute atomic E-state index is 0.159. The zero-order chi connectivity index (χ0) is 23.8. The highest BCUT2D eigenvalue weighted by Gasteiger charge is 2.31. The summed E-state index contributed by atoms with van der Waals surface area (Å²) in [4.78, 5) is 15.0. The molecule has 0 radical (unpaired) electrons. The first-order valence-corrected chi connectivity index (χ1v) is 12.1. The molecule has 0 bridgehead atoms. The maximum atomic E-state index is 12.7. The molecule has 3 aliphatic rings. The van der Waals surface area contributed by atoms with E-state index in [4.69, 9.17) is 25.8 Å². The normalized spacial score (nSPS) is 19.8. The third kappa shape index (κ3) is 6.88. The van der Waals surface area contributed by atoms with Crippen LogP contribution in [0.25, 0.3) is 0 Å². The molecule has 1 amide bonds. The van der Waals surface area contributed by atoms with Crippen LogP contribution in [0.1, 0.15) is 32.1 Å². The van der Waals surface area contributed by atoms with Gasteiger partial charge in [-0.2, -0.15) is 0 Å². The van der Waals surface area contributed by atoms with Crippen LogP contribution in [-0.4, -0.2) is 54.3 Å². The summed E-state index contributed by atoms with van der Waals surface area (Å²) in [6, 6.07) is 6.45. The van der Waals surface area contributed by atoms with Crippen LogP contribution >= 0.6 is 11.6 Å². The van der Waals surface area contributed by atoms with Gasteiger partial charge in [0, 0.05) is 11.6 Å². The summed E-state index contributed by atoms with van der Waals surface area (Å²) in [7, 11) is 0. The average Bonchev–Trinajstić information content (AvgIpc) is 3.38. The molecular weight excluding hydrogens is 456 g/mol. The first kappa shape index (κ1) is 24.4. The summed E-state index contributed by atoms with van der Waals surface area (Å²) in [6.07, 6.45) is 12.1. The van der Waals surface area contributed by atoms with Gasteiger partial charge in [0.15, 0.2) is 11.5 Å². The van der Waals surface area contributed by atoms with Crippen molar-refractivity contribution in [3.05, 3.63) is 77.1 Å². The number of carbonyl (C=O) groups excluding carboxylic acids is 1. The fourth-order valence-electron chi connectivity index (χ4n) is 4.15. The Morgan fingerprint density at radius 3 is 2.74 bits per heavy atom. The fraction of sp³-hybridized carbons (Fsp3) is 0.423. The molecule has 182 valence electrons. The van der Waals surface area contributed by atoms with Gasteiger partial charge in [0.2, 0.25) is 5.91 Å². The molecule has 4 rings (SSSR count). The van der Waals surface area contributed by atoms with E-state index in [1.807, 2.05) is 12.2 Å². The van der Waals surface area contributed by atoms with Gasteiger partial charge in [-0.3, -0.25) is 4.79 Å². The van der Waals surface area contributed by atoms with E-state index < -0.39 is 12.1 Å². The second-order valence-corrected chi connectivity index (χ2v) is 9.01. The summed E-state index contributed by atoms with van der Waals surface area (Å²) in [5, 5.41) is 14.8. The topological polar surface area (TPSA) is 80.3 Å². The number of hydrogen-bond acceptors (Lipinski definition) is 6. The quantitative estimate of drug-likeness (QED) is 0.519. The van der Waals surface area contributed by atoms with Crippen molar-refractivity contribution >= 4 is 17.5 Å². The Morgan fingerprint density at radius 2 is 2.00 bits per heavy atom. The van der Waals surface area contributed by atoms with Crippen LogP contribution in [0.4, 0.5) is 0 Å². The number of rotatable bonds is 10. The molecule has 0 aromatic heterocycles. The van der Waals surface area contributed by atoms with Gasteiger partial charge >= 0.3 is 0 Å². The number of benzene rings is 1. The third-order valence-electron chi connectivity index (χ3n) is 6.00. The SMILES string of the molecule is O=C(CCOc1ccc(Cl)cc1)N[C@H](CN1CCCC1)[C@@H](O)C1=COC=C(C2=CC=CCC2)O1. The van der Waals surface area contributed by atoms with Crippen LogP contribution < -0.4 is 10.1 Å². The van der Waals surface area contributed by atoms with Crippen molar-refractivity contribution in [1.82, 2.24) is 10.2 Å². The van der Waals surface area contributed by atoms with E-state index in [0.29, 0.717) is 23.1 Å². The number of hydrogen-bond donors (Lipinski definition) is 2. The van der Waals surface area contributed by atoms with Crippen LogP contribution in [0.5, 0.6) is 5.75 Å². The molecule has 7 nitrogen and oxygen atoms in total. The minimum Gasteiger partial charge on any atom is -0.493 e.